The van der Waals surface area contributed by atoms with Gasteiger partial charge in [0.25, 0.3) is 0 Å². The highest BCUT2D eigenvalue weighted by molar-refractivity contribution is 5.93. The zero-order chi connectivity index (χ0) is 15.5. The van der Waals surface area contributed by atoms with Gasteiger partial charge in [-0.25, -0.2) is 0 Å². The fourth-order valence-corrected chi connectivity index (χ4v) is 2.21. The minimum atomic E-state index is -0.185. The van der Waals surface area contributed by atoms with Gasteiger partial charge in [0.05, 0.1) is 11.4 Å². The van der Waals surface area contributed by atoms with Crippen LogP contribution in [0.2, 0.25) is 0 Å². The lowest BCUT2D eigenvalue weighted by Crippen LogP contribution is -2.08. The van der Waals surface area contributed by atoms with E-state index in [2.05, 4.69) is 10.3 Å². The number of carbonyl (C=O) groups is 1. The maximum absolute atomic E-state index is 11.2. The SMILES string of the molecule is CC(=O)Nc1cccc(Oc2cccc3cccnc23)c1N. The summed E-state index contributed by atoms with van der Waals surface area (Å²) in [5.74, 6) is 0.907. The van der Waals surface area contributed by atoms with Crippen LogP contribution in [0.4, 0.5) is 11.4 Å². The van der Waals surface area contributed by atoms with E-state index >= 15 is 0 Å². The molecule has 5 nitrogen and oxygen atoms in total. The highest BCUT2D eigenvalue weighted by Gasteiger charge is 2.10. The number of nitrogens with one attached hydrogen (secondary N) is 1. The minimum absolute atomic E-state index is 0.185. The van der Waals surface area contributed by atoms with Gasteiger partial charge in [-0.1, -0.05) is 24.3 Å². The number of hydrogen-bond acceptors (Lipinski definition) is 4. The Hall–Kier alpha value is -3.08. The van der Waals surface area contributed by atoms with E-state index in [-0.39, 0.29) is 5.91 Å². The van der Waals surface area contributed by atoms with E-state index in [1.165, 1.54) is 6.92 Å². The zero-order valence-corrected chi connectivity index (χ0v) is 12.0. The fraction of sp³-hybridized carbons (Fsp3) is 0.0588. The molecule has 0 aliphatic heterocycles. The van der Waals surface area contributed by atoms with Crippen molar-refractivity contribution in [1.82, 2.24) is 4.98 Å². The summed E-state index contributed by atoms with van der Waals surface area (Å²) in [6, 6.07) is 14.8. The predicted molar refractivity (Wildman–Crippen MR) is 87.0 cm³/mol. The number of anilines is 2. The number of aromatic nitrogens is 1. The van der Waals surface area contributed by atoms with Crippen molar-refractivity contribution in [3.05, 3.63) is 54.7 Å². The summed E-state index contributed by atoms with van der Waals surface area (Å²) in [4.78, 5) is 15.5. The molecular weight excluding hydrogens is 278 g/mol. The van der Waals surface area contributed by atoms with Crippen molar-refractivity contribution < 1.29 is 9.53 Å². The second kappa shape index (κ2) is 5.73. The number of nitrogens with two attached hydrogens (primary N) is 1. The van der Waals surface area contributed by atoms with Crippen molar-refractivity contribution in [3.8, 4) is 11.5 Å². The standard InChI is InChI=1S/C17H15N3O2/c1-11(21)20-13-7-3-8-14(16(13)18)22-15-9-2-5-12-6-4-10-19-17(12)15/h2-10H,18H2,1H3,(H,20,21). The fourth-order valence-electron chi connectivity index (χ4n) is 2.21. The molecule has 2 aromatic carbocycles. The number of hydrogen-bond donors (Lipinski definition) is 2. The number of pyridine rings is 1. The third-order valence-electron chi connectivity index (χ3n) is 3.19. The molecule has 110 valence electrons. The summed E-state index contributed by atoms with van der Waals surface area (Å²) in [5, 5.41) is 3.66. The summed E-state index contributed by atoms with van der Waals surface area (Å²) in [7, 11) is 0. The van der Waals surface area contributed by atoms with Crippen molar-refractivity contribution in [2.24, 2.45) is 0 Å². The highest BCUT2D eigenvalue weighted by atomic mass is 16.5. The maximum atomic E-state index is 11.2. The number of nitrogen functional groups attached to an aromatic ring is 1. The van der Waals surface area contributed by atoms with Crippen LogP contribution in [0.3, 0.4) is 0 Å². The van der Waals surface area contributed by atoms with Gasteiger partial charge in [-0.05, 0) is 24.3 Å². The van der Waals surface area contributed by atoms with Crippen LogP contribution in [0.15, 0.2) is 54.7 Å². The molecule has 0 fully saturated rings. The van der Waals surface area contributed by atoms with Crippen LogP contribution in [-0.2, 0) is 4.79 Å². The molecule has 0 aliphatic carbocycles. The molecule has 0 aliphatic rings. The molecule has 1 amide bonds. The maximum Gasteiger partial charge on any atom is 0.221 e. The molecule has 0 radical (unpaired) electrons. The quantitative estimate of drug-likeness (QED) is 0.724. The van der Waals surface area contributed by atoms with E-state index < -0.39 is 0 Å². The van der Waals surface area contributed by atoms with Gasteiger partial charge in [-0.3, -0.25) is 9.78 Å². The van der Waals surface area contributed by atoms with Gasteiger partial charge in [-0.2, -0.15) is 0 Å². The van der Waals surface area contributed by atoms with Crippen LogP contribution in [0.25, 0.3) is 10.9 Å². The third kappa shape index (κ3) is 2.69. The van der Waals surface area contributed by atoms with Gasteiger partial charge in [-0.15, -0.1) is 0 Å². The Bertz CT molecular complexity index is 841. The Kier molecular flexibility index (Phi) is 3.62. The van der Waals surface area contributed by atoms with Crippen molar-refractivity contribution >= 4 is 28.2 Å². The number of para-hydroxylation sites is 2. The van der Waals surface area contributed by atoms with Crippen molar-refractivity contribution in [2.75, 3.05) is 11.1 Å². The molecule has 1 heterocycles. The van der Waals surface area contributed by atoms with Crippen molar-refractivity contribution in [1.29, 1.82) is 0 Å². The molecule has 3 aromatic rings. The average molecular weight is 293 g/mol. The Morgan fingerprint density at radius 2 is 1.82 bits per heavy atom. The highest BCUT2D eigenvalue weighted by Crippen LogP contribution is 2.35. The lowest BCUT2D eigenvalue weighted by atomic mass is 10.2. The van der Waals surface area contributed by atoms with E-state index in [4.69, 9.17) is 10.5 Å². The monoisotopic (exact) mass is 293 g/mol. The first-order valence-corrected chi connectivity index (χ1v) is 6.83. The van der Waals surface area contributed by atoms with Gasteiger partial charge in [0.2, 0.25) is 5.91 Å². The molecule has 0 saturated heterocycles. The zero-order valence-electron chi connectivity index (χ0n) is 12.0. The first kappa shape index (κ1) is 13.9. The summed E-state index contributed by atoms with van der Waals surface area (Å²) >= 11 is 0. The van der Waals surface area contributed by atoms with E-state index in [0.29, 0.717) is 22.9 Å². The summed E-state index contributed by atoms with van der Waals surface area (Å²) in [6.45, 7) is 1.43. The first-order chi connectivity index (χ1) is 10.6. The van der Waals surface area contributed by atoms with E-state index in [1.807, 2.05) is 30.3 Å². The van der Waals surface area contributed by atoms with Gasteiger partial charge >= 0.3 is 0 Å². The number of rotatable bonds is 3. The molecular formula is C17H15N3O2. The van der Waals surface area contributed by atoms with Crippen LogP contribution < -0.4 is 15.8 Å². The Morgan fingerprint density at radius 3 is 2.64 bits per heavy atom. The number of benzene rings is 2. The van der Waals surface area contributed by atoms with Crippen LogP contribution in [-0.4, -0.2) is 10.9 Å². The minimum Gasteiger partial charge on any atom is -0.453 e. The van der Waals surface area contributed by atoms with E-state index in [1.54, 1.807) is 24.4 Å². The topological polar surface area (TPSA) is 77.2 Å². The summed E-state index contributed by atoms with van der Waals surface area (Å²) < 4.78 is 5.91. The number of carbonyl (C=O) groups excluding carboxylic acids is 1. The van der Waals surface area contributed by atoms with Crippen molar-refractivity contribution in [3.63, 3.8) is 0 Å². The number of nitrogens with zero attached hydrogens (tertiary/aromatic N) is 1. The number of amides is 1. The van der Waals surface area contributed by atoms with E-state index in [0.717, 1.165) is 10.9 Å². The Labute approximate surface area is 127 Å². The third-order valence-corrected chi connectivity index (χ3v) is 3.19. The second-order valence-electron chi connectivity index (χ2n) is 4.83. The Balaban J connectivity index is 2.00. The molecule has 5 heteroatoms. The lowest BCUT2D eigenvalue weighted by Gasteiger charge is -2.13. The molecule has 0 bridgehead atoms. The van der Waals surface area contributed by atoms with Gasteiger partial charge in [0, 0.05) is 18.5 Å². The van der Waals surface area contributed by atoms with Gasteiger partial charge in [0.15, 0.2) is 11.5 Å². The molecule has 22 heavy (non-hydrogen) atoms. The van der Waals surface area contributed by atoms with Crippen LogP contribution in [0, 0.1) is 0 Å². The van der Waals surface area contributed by atoms with Gasteiger partial charge < -0.3 is 15.8 Å². The predicted octanol–water partition coefficient (Wildman–Crippen LogP) is 3.57. The summed E-state index contributed by atoms with van der Waals surface area (Å²) in [6.07, 6.45) is 1.71. The molecule has 0 unspecified atom stereocenters. The lowest BCUT2D eigenvalue weighted by molar-refractivity contribution is -0.114. The smallest absolute Gasteiger partial charge is 0.221 e. The first-order valence-electron chi connectivity index (χ1n) is 6.83. The van der Waals surface area contributed by atoms with Crippen LogP contribution >= 0.6 is 0 Å². The molecule has 0 saturated carbocycles. The Morgan fingerprint density at radius 1 is 1.09 bits per heavy atom. The van der Waals surface area contributed by atoms with Crippen LogP contribution in [0.5, 0.6) is 11.5 Å². The molecule has 1 aromatic heterocycles. The largest absolute Gasteiger partial charge is 0.453 e. The number of ether oxygens (including phenoxy) is 1. The number of fused-ring (bicyclic) bond motifs is 1. The molecule has 3 rings (SSSR count). The molecule has 3 N–H and O–H groups in total. The van der Waals surface area contributed by atoms with Crippen molar-refractivity contribution in [2.45, 2.75) is 6.92 Å². The average Bonchev–Trinajstić information content (AvgIpc) is 2.51. The van der Waals surface area contributed by atoms with E-state index in [9.17, 15) is 4.79 Å². The van der Waals surface area contributed by atoms with Crippen LogP contribution in [0.1, 0.15) is 6.92 Å². The summed E-state index contributed by atoms with van der Waals surface area (Å²) in [5.41, 5.74) is 7.73. The molecule has 0 spiro atoms. The second-order valence-corrected chi connectivity index (χ2v) is 4.83. The normalized spacial score (nSPS) is 10.4. The van der Waals surface area contributed by atoms with Gasteiger partial charge in [0.1, 0.15) is 5.52 Å². The molecule has 0 atom stereocenters.